The molecule has 0 unspecified atom stereocenters. The Morgan fingerprint density at radius 2 is 1.72 bits per heavy atom. The SMILES string of the molecule is CN=C(NCCCOC)NCCCN1CCN(c2ccccc2)CC1. The third-order valence-electron chi connectivity index (χ3n) is 4.48. The van der Waals surface area contributed by atoms with Gasteiger partial charge < -0.3 is 20.3 Å². The van der Waals surface area contributed by atoms with E-state index in [1.165, 1.54) is 5.69 Å². The number of para-hydroxylation sites is 1. The molecule has 1 aliphatic rings. The molecule has 0 aromatic heterocycles. The number of ether oxygens (including phenoxy) is 1. The van der Waals surface area contributed by atoms with Crippen molar-refractivity contribution in [2.45, 2.75) is 12.8 Å². The van der Waals surface area contributed by atoms with E-state index in [1.54, 1.807) is 7.11 Å². The van der Waals surface area contributed by atoms with Gasteiger partial charge in [-0.15, -0.1) is 0 Å². The first-order valence-electron chi connectivity index (χ1n) is 9.29. The molecule has 0 atom stereocenters. The van der Waals surface area contributed by atoms with E-state index in [1.807, 2.05) is 7.05 Å². The molecule has 0 spiro atoms. The number of nitrogens with zero attached hydrogens (tertiary/aromatic N) is 3. The van der Waals surface area contributed by atoms with Crippen LogP contribution in [0.5, 0.6) is 0 Å². The average molecular weight is 348 g/mol. The van der Waals surface area contributed by atoms with Crippen molar-refractivity contribution >= 4 is 11.6 Å². The standard InChI is InChI=1S/C19H33N5O/c1-20-19(22-11-7-17-25-2)21-10-6-12-23-13-15-24(16-14-23)18-8-4-3-5-9-18/h3-5,8-9H,6-7,10-17H2,1-2H3,(H2,20,21,22). The van der Waals surface area contributed by atoms with Gasteiger partial charge in [-0.25, -0.2) is 0 Å². The second-order valence-corrected chi connectivity index (χ2v) is 6.29. The van der Waals surface area contributed by atoms with E-state index in [2.05, 4.69) is 55.8 Å². The predicted molar refractivity (Wildman–Crippen MR) is 106 cm³/mol. The Bertz CT molecular complexity index is 486. The number of anilines is 1. The van der Waals surface area contributed by atoms with E-state index in [0.717, 1.165) is 71.2 Å². The van der Waals surface area contributed by atoms with Crippen LogP contribution in [0.15, 0.2) is 35.3 Å². The van der Waals surface area contributed by atoms with Gasteiger partial charge in [-0.2, -0.15) is 0 Å². The molecule has 0 radical (unpaired) electrons. The topological polar surface area (TPSA) is 52.1 Å². The van der Waals surface area contributed by atoms with Gasteiger partial charge in [0, 0.05) is 65.7 Å². The lowest BCUT2D eigenvalue weighted by Gasteiger charge is -2.36. The van der Waals surface area contributed by atoms with Crippen LogP contribution in [0.2, 0.25) is 0 Å². The summed E-state index contributed by atoms with van der Waals surface area (Å²) in [7, 11) is 3.54. The quantitative estimate of drug-likeness (QED) is 0.402. The molecule has 0 saturated carbocycles. The van der Waals surface area contributed by atoms with Gasteiger partial charge in [-0.1, -0.05) is 18.2 Å². The van der Waals surface area contributed by atoms with Gasteiger partial charge in [-0.3, -0.25) is 9.89 Å². The van der Waals surface area contributed by atoms with E-state index in [4.69, 9.17) is 4.74 Å². The van der Waals surface area contributed by atoms with Crippen LogP contribution in [0.1, 0.15) is 12.8 Å². The molecule has 2 rings (SSSR count). The Balaban J connectivity index is 1.55. The highest BCUT2D eigenvalue weighted by Gasteiger charge is 2.16. The zero-order valence-corrected chi connectivity index (χ0v) is 15.7. The van der Waals surface area contributed by atoms with Crippen LogP contribution in [-0.2, 0) is 4.74 Å². The van der Waals surface area contributed by atoms with Gasteiger partial charge in [0.15, 0.2) is 5.96 Å². The largest absolute Gasteiger partial charge is 0.385 e. The number of piperazine rings is 1. The smallest absolute Gasteiger partial charge is 0.190 e. The maximum atomic E-state index is 5.05. The molecule has 1 aromatic rings. The Morgan fingerprint density at radius 1 is 1.04 bits per heavy atom. The van der Waals surface area contributed by atoms with Crippen LogP contribution >= 0.6 is 0 Å². The van der Waals surface area contributed by atoms with E-state index < -0.39 is 0 Å². The summed E-state index contributed by atoms with van der Waals surface area (Å²) in [6.45, 7) is 8.24. The number of hydrogen-bond acceptors (Lipinski definition) is 4. The molecule has 1 saturated heterocycles. The van der Waals surface area contributed by atoms with Gasteiger partial charge in [0.2, 0.25) is 0 Å². The molecule has 1 aliphatic heterocycles. The van der Waals surface area contributed by atoms with Gasteiger partial charge in [0.05, 0.1) is 0 Å². The highest BCUT2D eigenvalue weighted by atomic mass is 16.5. The lowest BCUT2D eigenvalue weighted by Crippen LogP contribution is -2.47. The minimum Gasteiger partial charge on any atom is -0.385 e. The first-order chi connectivity index (χ1) is 12.3. The molecule has 6 nitrogen and oxygen atoms in total. The molecule has 2 N–H and O–H groups in total. The molecule has 25 heavy (non-hydrogen) atoms. The summed E-state index contributed by atoms with van der Waals surface area (Å²) in [5, 5.41) is 6.69. The van der Waals surface area contributed by atoms with E-state index in [-0.39, 0.29) is 0 Å². The predicted octanol–water partition coefficient (Wildman–Crippen LogP) is 1.40. The van der Waals surface area contributed by atoms with Gasteiger partial charge >= 0.3 is 0 Å². The van der Waals surface area contributed by atoms with Crippen molar-refractivity contribution in [2.75, 3.05) is 71.5 Å². The lowest BCUT2D eigenvalue weighted by molar-refractivity contribution is 0.195. The van der Waals surface area contributed by atoms with Gasteiger partial charge in [0.1, 0.15) is 0 Å². The summed E-state index contributed by atoms with van der Waals surface area (Å²) >= 11 is 0. The highest BCUT2D eigenvalue weighted by Crippen LogP contribution is 2.15. The second-order valence-electron chi connectivity index (χ2n) is 6.29. The molecule has 0 aliphatic carbocycles. The van der Waals surface area contributed by atoms with Crippen molar-refractivity contribution in [1.82, 2.24) is 15.5 Å². The van der Waals surface area contributed by atoms with Crippen LogP contribution in [-0.4, -0.2) is 77.4 Å². The Kier molecular flexibility index (Phi) is 9.15. The van der Waals surface area contributed by atoms with Crippen molar-refractivity contribution in [1.29, 1.82) is 0 Å². The van der Waals surface area contributed by atoms with Crippen molar-refractivity contribution < 1.29 is 4.74 Å². The number of nitrogens with one attached hydrogen (secondary N) is 2. The molecule has 0 amide bonds. The third kappa shape index (κ3) is 7.32. The van der Waals surface area contributed by atoms with E-state index in [9.17, 15) is 0 Å². The zero-order valence-electron chi connectivity index (χ0n) is 15.7. The van der Waals surface area contributed by atoms with Crippen LogP contribution in [0.4, 0.5) is 5.69 Å². The van der Waals surface area contributed by atoms with Gasteiger partial charge in [-0.05, 0) is 31.5 Å². The summed E-state index contributed by atoms with van der Waals surface area (Å²) in [6.07, 6.45) is 2.12. The Morgan fingerprint density at radius 3 is 2.36 bits per heavy atom. The summed E-state index contributed by atoms with van der Waals surface area (Å²) in [4.78, 5) is 9.27. The summed E-state index contributed by atoms with van der Waals surface area (Å²) in [5.74, 6) is 0.880. The number of aliphatic imine (C=N–C) groups is 1. The van der Waals surface area contributed by atoms with Crippen LogP contribution < -0.4 is 15.5 Å². The maximum absolute atomic E-state index is 5.05. The number of hydrogen-bond donors (Lipinski definition) is 2. The van der Waals surface area contributed by atoms with E-state index >= 15 is 0 Å². The summed E-state index contributed by atoms with van der Waals surface area (Å²) in [5.41, 5.74) is 1.34. The Hall–Kier alpha value is -1.79. The fraction of sp³-hybridized carbons (Fsp3) is 0.632. The number of rotatable bonds is 9. The number of methoxy groups -OCH3 is 1. The molecule has 140 valence electrons. The van der Waals surface area contributed by atoms with E-state index in [0.29, 0.717) is 0 Å². The molecular weight excluding hydrogens is 314 g/mol. The van der Waals surface area contributed by atoms with Crippen molar-refractivity contribution in [3.8, 4) is 0 Å². The first kappa shape index (κ1) is 19.5. The lowest BCUT2D eigenvalue weighted by atomic mass is 10.2. The van der Waals surface area contributed by atoms with Gasteiger partial charge in [0.25, 0.3) is 0 Å². The first-order valence-corrected chi connectivity index (χ1v) is 9.29. The molecule has 1 fully saturated rings. The molecule has 0 bridgehead atoms. The minimum absolute atomic E-state index is 0.777. The van der Waals surface area contributed by atoms with Crippen molar-refractivity contribution in [2.24, 2.45) is 4.99 Å². The summed E-state index contributed by atoms with van der Waals surface area (Å²) in [6, 6.07) is 10.7. The summed E-state index contributed by atoms with van der Waals surface area (Å²) < 4.78 is 5.05. The molecule has 1 aromatic carbocycles. The maximum Gasteiger partial charge on any atom is 0.190 e. The number of guanidine groups is 1. The Labute approximate surface area is 152 Å². The fourth-order valence-electron chi connectivity index (χ4n) is 3.02. The molecule has 6 heteroatoms. The number of benzene rings is 1. The van der Waals surface area contributed by atoms with Crippen LogP contribution in [0, 0.1) is 0 Å². The van der Waals surface area contributed by atoms with Crippen LogP contribution in [0.3, 0.4) is 0 Å². The monoisotopic (exact) mass is 347 g/mol. The van der Waals surface area contributed by atoms with Crippen molar-refractivity contribution in [3.05, 3.63) is 30.3 Å². The van der Waals surface area contributed by atoms with Crippen LogP contribution in [0.25, 0.3) is 0 Å². The van der Waals surface area contributed by atoms with Crippen molar-refractivity contribution in [3.63, 3.8) is 0 Å². The molecular formula is C19H33N5O. The third-order valence-corrected chi connectivity index (χ3v) is 4.48. The fourth-order valence-corrected chi connectivity index (χ4v) is 3.02. The minimum atomic E-state index is 0.777. The molecule has 1 heterocycles. The highest BCUT2D eigenvalue weighted by molar-refractivity contribution is 5.79. The normalized spacial score (nSPS) is 16.1. The average Bonchev–Trinajstić information content (AvgIpc) is 2.68. The second kappa shape index (κ2) is 11.7. The zero-order chi connectivity index (χ0) is 17.7.